The Kier molecular flexibility index (Phi) is 3.62. The minimum atomic E-state index is -3.36. The van der Waals surface area contributed by atoms with Crippen LogP contribution in [0, 0.1) is 0 Å². The van der Waals surface area contributed by atoms with Gasteiger partial charge in [0.25, 0.3) is 0 Å². The average Bonchev–Trinajstić information content (AvgIpc) is 2.44. The molecule has 14 heavy (non-hydrogen) atoms. The fraction of sp³-hybridized carbons (Fsp3) is 0.571. The third-order valence-electron chi connectivity index (χ3n) is 1.64. The molecule has 3 N–H and O–H groups in total. The van der Waals surface area contributed by atoms with Gasteiger partial charge in [0.05, 0.1) is 11.4 Å². The molecular formula is C7H14N4O2S. The maximum Gasteiger partial charge on any atom is 0.210 e. The number of primary sulfonamides is 1. The zero-order valence-corrected chi connectivity index (χ0v) is 8.79. The number of sulfonamides is 1. The van der Waals surface area contributed by atoms with Crippen LogP contribution in [0.1, 0.15) is 5.69 Å². The fourth-order valence-corrected chi connectivity index (χ4v) is 1.42. The van der Waals surface area contributed by atoms with Crippen LogP contribution in [0.3, 0.4) is 0 Å². The summed E-state index contributed by atoms with van der Waals surface area (Å²) >= 11 is 0. The van der Waals surface area contributed by atoms with Crippen molar-refractivity contribution in [3.8, 4) is 0 Å². The lowest BCUT2D eigenvalue weighted by molar-refractivity contribution is 0.591. The van der Waals surface area contributed by atoms with Gasteiger partial charge in [-0.1, -0.05) is 0 Å². The molecule has 1 aromatic rings. The first-order valence-corrected chi connectivity index (χ1v) is 5.88. The Morgan fingerprint density at radius 3 is 2.86 bits per heavy atom. The standard InChI is InChI=1S/C7H14N4O2S/c1-11-4-2-7(10-11)6-9-3-5-14(8,12)13/h2,4,9H,3,5-6H2,1H3,(H2,8,12,13). The first-order valence-electron chi connectivity index (χ1n) is 4.17. The maximum absolute atomic E-state index is 10.6. The smallest absolute Gasteiger partial charge is 0.210 e. The van der Waals surface area contributed by atoms with Crippen molar-refractivity contribution >= 4 is 10.0 Å². The van der Waals surface area contributed by atoms with Crippen molar-refractivity contribution in [2.75, 3.05) is 12.3 Å². The van der Waals surface area contributed by atoms with E-state index in [2.05, 4.69) is 10.4 Å². The molecule has 1 rings (SSSR count). The number of nitrogens with two attached hydrogens (primary N) is 1. The summed E-state index contributed by atoms with van der Waals surface area (Å²) in [6.45, 7) is 0.895. The van der Waals surface area contributed by atoms with Crippen LogP contribution in [0.4, 0.5) is 0 Å². The van der Waals surface area contributed by atoms with E-state index in [-0.39, 0.29) is 5.75 Å². The fourth-order valence-electron chi connectivity index (χ4n) is 0.988. The monoisotopic (exact) mass is 218 g/mol. The quantitative estimate of drug-likeness (QED) is 0.607. The number of nitrogens with one attached hydrogen (secondary N) is 1. The van der Waals surface area contributed by atoms with Crippen LogP contribution in [0.25, 0.3) is 0 Å². The molecule has 0 aromatic carbocycles. The highest BCUT2D eigenvalue weighted by molar-refractivity contribution is 7.89. The zero-order valence-electron chi connectivity index (χ0n) is 7.97. The van der Waals surface area contributed by atoms with Gasteiger partial charge in [-0.2, -0.15) is 5.10 Å². The van der Waals surface area contributed by atoms with E-state index in [9.17, 15) is 8.42 Å². The highest BCUT2D eigenvalue weighted by Crippen LogP contribution is 1.92. The number of rotatable bonds is 5. The van der Waals surface area contributed by atoms with Crippen LogP contribution in [0.15, 0.2) is 12.3 Å². The molecule has 0 aliphatic heterocycles. The lowest BCUT2D eigenvalue weighted by atomic mass is 10.4. The Morgan fingerprint density at radius 1 is 1.64 bits per heavy atom. The Labute approximate surface area is 83.1 Å². The van der Waals surface area contributed by atoms with Crippen molar-refractivity contribution in [3.63, 3.8) is 0 Å². The van der Waals surface area contributed by atoms with Crippen LogP contribution >= 0.6 is 0 Å². The van der Waals surface area contributed by atoms with E-state index in [4.69, 9.17) is 5.14 Å². The molecule has 6 nitrogen and oxygen atoms in total. The van der Waals surface area contributed by atoms with Crippen molar-refractivity contribution in [1.29, 1.82) is 0 Å². The second-order valence-corrected chi connectivity index (χ2v) is 4.76. The van der Waals surface area contributed by atoms with Gasteiger partial charge in [-0.3, -0.25) is 4.68 Å². The highest BCUT2D eigenvalue weighted by Gasteiger charge is 2.01. The van der Waals surface area contributed by atoms with Gasteiger partial charge in [0, 0.05) is 26.3 Å². The topological polar surface area (TPSA) is 90.0 Å². The summed E-state index contributed by atoms with van der Waals surface area (Å²) in [5.74, 6) is -0.0557. The van der Waals surface area contributed by atoms with Crippen molar-refractivity contribution in [2.24, 2.45) is 12.2 Å². The van der Waals surface area contributed by atoms with Gasteiger partial charge < -0.3 is 5.32 Å². The van der Waals surface area contributed by atoms with Crippen LogP contribution < -0.4 is 10.5 Å². The van der Waals surface area contributed by atoms with Crippen molar-refractivity contribution in [3.05, 3.63) is 18.0 Å². The first-order chi connectivity index (χ1) is 6.47. The minimum Gasteiger partial charge on any atom is -0.310 e. The molecule has 0 fully saturated rings. The van der Waals surface area contributed by atoms with Gasteiger partial charge in [0.15, 0.2) is 0 Å². The SMILES string of the molecule is Cn1ccc(CNCCS(N)(=O)=O)n1. The molecule has 0 spiro atoms. The van der Waals surface area contributed by atoms with E-state index in [0.717, 1.165) is 5.69 Å². The predicted octanol–water partition coefficient (Wildman–Crippen LogP) is -1.20. The molecule has 0 aliphatic carbocycles. The number of hydrogen-bond donors (Lipinski definition) is 2. The van der Waals surface area contributed by atoms with E-state index < -0.39 is 10.0 Å². The van der Waals surface area contributed by atoms with Gasteiger partial charge in [-0.05, 0) is 6.07 Å². The van der Waals surface area contributed by atoms with Crippen LogP contribution in [-0.2, 0) is 23.6 Å². The summed E-state index contributed by atoms with van der Waals surface area (Å²) in [4.78, 5) is 0. The summed E-state index contributed by atoms with van der Waals surface area (Å²) in [7, 11) is -1.53. The number of aromatic nitrogens is 2. The molecule has 0 atom stereocenters. The van der Waals surface area contributed by atoms with Crippen LogP contribution in [0.2, 0.25) is 0 Å². The Morgan fingerprint density at radius 2 is 2.36 bits per heavy atom. The van der Waals surface area contributed by atoms with Crippen LogP contribution in [-0.4, -0.2) is 30.5 Å². The second kappa shape index (κ2) is 4.54. The second-order valence-electron chi connectivity index (χ2n) is 3.02. The van der Waals surface area contributed by atoms with Crippen molar-refractivity contribution in [1.82, 2.24) is 15.1 Å². The summed E-state index contributed by atoms with van der Waals surface area (Å²) in [5.41, 5.74) is 0.877. The molecule has 0 aliphatic rings. The lowest BCUT2D eigenvalue weighted by Gasteiger charge is -2.00. The third-order valence-corrected chi connectivity index (χ3v) is 2.41. The summed E-state index contributed by atoms with van der Waals surface area (Å²) in [5, 5.41) is 11.9. The van der Waals surface area contributed by atoms with E-state index in [1.807, 2.05) is 19.3 Å². The van der Waals surface area contributed by atoms with Gasteiger partial charge in [-0.15, -0.1) is 0 Å². The molecule has 0 unspecified atom stereocenters. The molecule has 0 radical (unpaired) electrons. The van der Waals surface area contributed by atoms with Crippen molar-refractivity contribution in [2.45, 2.75) is 6.54 Å². The molecule has 0 amide bonds. The molecular weight excluding hydrogens is 204 g/mol. The average molecular weight is 218 g/mol. The molecule has 0 saturated heterocycles. The summed E-state index contributed by atoms with van der Waals surface area (Å²) in [6, 6.07) is 1.87. The molecule has 0 saturated carbocycles. The van der Waals surface area contributed by atoms with Crippen molar-refractivity contribution < 1.29 is 8.42 Å². The molecule has 0 bridgehead atoms. The maximum atomic E-state index is 10.6. The number of aryl methyl sites for hydroxylation is 1. The van der Waals surface area contributed by atoms with E-state index in [1.54, 1.807) is 4.68 Å². The van der Waals surface area contributed by atoms with Gasteiger partial charge in [0.1, 0.15) is 0 Å². The zero-order chi connectivity index (χ0) is 10.6. The van der Waals surface area contributed by atoms with E-state index in [0.29, 0.717) is 13.1 Å². The Hall–Kier alpha value is -0.920. The molecule has 1 heterocycles. The lowest BCUT2D eigenvalue weighted by Crippen LogP contribution is -2.26. The minimum absolute atomic E-state index is 0.0557. The Balaban J connectivity index is 2.23. The van der Waals surface area contributed by atoms with E-state index in [1.165, 1.54) is 0 Å². The Bertz CT molecular complexity index is 384. The molecule has 1 aromatic heterocycles. The van der Waals surface area contributed by atoms with Crippen LogP contribution in [0.5, 0.6) is 0 Å². The molecule has 80 valence electrons. The van der Waals surface area contributed by atoms with E-state index >= 15 is 0 Å². The first kappa shape index (κ1) is 11.2. The number of nitrogens with zero attached hydrogens (tertiary/aromatic N) is 2. The third kappa shape index (κ3) is 4.35. The van der Waals surface area contributed by atoms with Gasteiger partial charge in [0.2, 0.25) is 10.0 Å². The predicted molar refractivity (Wildman–Crippen MR) is 52.9 cm³/mol. The van der Waals surface area contributed by atoms with Gasteiger partial charge >= 0.3 is 0 Å². The summed E-state index contributed by atoms with van der Waals surface area (Å²) in [6.07, 6.45) is 1.83. The number of hydrogen-bond acceptors (Lipinski definition) is 4. The summed E-state index contributed by atoms with van der Waals surface area (Å²) < 4.78 is 22.8. The van der Waals surface area contributed by atoms with Gasteiger partial charge in [-0.25, -0.2) is 13.6 Å². The largest absolute Gasteiger partial charge is 0.310 e. The highest BCUT2D eigenvalue weighted by atomic mass is 32.2. The molecule has 7 heteroatoms. The normalized spacial score (nSPS) is 11.9.